The molecule has 0 spiro atoms. The summed E-state index contributed by atoms with van der Waals surface area (Å²) in [6.07, 6.45) is 1.94. The monoisotopic (exact) mass is 408 g/mol. The lowest BCUT2D eigenvalue weighted by atomic mass is 10.2. The number of ether oxygens (including phenoxy) is 1. The Kier molecular flexibility index (Phi) is 7.39. The maximum atomic E-state index is 13.1. The zero-order valence-electron chi connectivity index (χ0n) is 16.2. The van der Waals surface area contributed by atoms with Crippen LogP contribution in [0.3, 0.4) is 0 Å². The van der Waals surface area contributed by atoms with Crippen LogP contribution in [0.25, 0.3) is 0 Å². The molecule has 2 rings (SSSR count). The van der Waals surface area contributed by atoms with E-state index < -0.39 is 10.0 Å². The average molecular weight is 408 g/mol. The van der Waals surface area contributed by atoms with Gasteiger partial charge >= 0.3 is 0 Å². The van der Waals surface area contributed by atoms with Crippen LogP contribution in [0.1, 0.15) is 25.8 Å². The van der Waals surface area contributed by atoms with Crippen LogP contribution in [-0.4, -0.2) is 33.2 Å². The number of amides is 1. The van der Waals surface area contributed by atoms with Gasteiger partial charge in [-0.2, -0.15) is 0 Å². The molecule has 1 N–H and O–H groups in total. The summed E-state index contributed by atoms with van der Waals surface area (Å²) in [5.41, 5.74) is 1.11. The van der Waals surface area contributed by atoms with Gasteiger partial charge in [-0.15, -0.1) is 0 Å². The molecule has 8 heteroatoms. The van der Waals surface area contributed by atoms with Gasteiger partial charge in [0.25, 0.3) is 5.91 Å². The Morgan fingerprint density at radius 3 is 2.29 bits per heavy atom. The SMILES string of the molecule is CCC(C)NC(=O)COc1ccc(N(Cc2ccc(F)cc2)S(C)(=O)=O)cc1. The molecule has 2 aromatic rings. The van der Waals surface area contributed by atoms with Gasteiger partial charge < -0.3 is 10.1 Å². The molecule has 28 heavy (non-hydrogen) atoms. The van der Waals surface area contributed by atoms with Gasteiger partial charge in [-0.1, -0.05) is 19.1 Å². The molecule has 6 nitrogen and oxygen atoms in total. The Labute approximate surface area is 165 Å². The molecule has 0 heterocycles. The molecule has 0 aliphatic carbocycles. The van der Waals surface area contributed by atoms with Crippen LogP contribution in [0.2, 0.25) is 0 Å². The third kappa shape index (κ3) is 6.53. The zero-order valence-corrected chi connectivity index (χ0v) is 17.0. The predicted octanol–water partition coefficient (Wildman–Crippen LogP) is 3.09. The molecule has 0 aromatic heterocycles. The van der Waals surface area contributed by atoms with E-state index in [4.69, 9.17) is 4.74 Å². The van der Waals surface area contributed by atoms with Gasteiger partial charge in [0, 0.05) is 6.04 Å². The first-order valence-corrected chi connectivity index (χ1v) is 10.8. The lowest BCUT2D eigenvalue weighted by molar-refractivity contribution is -0.123. The number of anilines is 1. The maximum Gasteiger partial charge on any atom is 0.258 e. The topological polar surface area (TPSA) is 75.7 Å². The fourth-order valence-electron chi connectivity index (χ4n) is 2.43. The summed E-state index contributed by atoms with van der Waals surface area (Å²) in [5, 5.41) is 2.80. The summed E-state index contributed by atoms with van der Waals surface area (Å²) >= 11 is 0. The normalized spacial score (nSPS) is 12.3. The van der Waals surface area contributed by atoms with Crippen molar-refractivity contribution < 1.29 is 22.3 Å². The van der Waals surface area contributed by atoms with Crippen molar-refractivity contribution in [3.05, 3.63) is 59.9 Å². The van der Waals surface area contributed by atoms with Crippen molar-refractivity contribution in [1.29, 1.82) is 0 Å². The first-order valence-electron chi connectivity index (χ1n) is 8.93. The van der Waals surface area contributed by atoms with Crippen molar-refractivity contribution in [2.45, 2.75) is 32.9 Å². The van der Waals surface area contributed by atoms with Gasteiger partial charge in [0.1, 0.15) is 11.6 Å². The second-order valence-corrected chi connectivity index (χ2v) is 8.46. The van der Waals surface area contributed by atoms with Crippen LogP contribution < -0.4 is 14.4 Å². The van der Waals surface area contributed by atoms with E-state index in [1.807, 2.05) is 13.8 Å². The number of hydrogen-bond donors (Lipinski definition) is 1. The van der Waals surface area contributed by atoms with E-state index in [1.54, 1.807) is 36.4 Å². The molecule has 1 unspecified atom stereocenters. The smallest absolute Gasteiger partial charge is 0.258 e. The summed E-state index contributed by atoms with van der Waals surface area (Å²) in [4.78, 5) is 11.8. The molecule has 152 valence electrons. The maximum absolute atomic E-state index is 13.1. The Morgan fingerprint density at radius 1 is 1.14 bits per heavy atom. The average Bonchev–Trinajstić information content (AvgIpc) is 2.65. The highest BCUT2D eigenvalue weighted by molar-refractivity contribution is 7.92. The Hall–Kier alpha value is -2.61. The van der Waals surface area contributed by atoms with Gasteiger partial charge in [-0.3, -0.25) is 9.10 Å². The van der Waals surface area contributed by atoms with Crippen LogP contribution in [0.4, 0.5) is 10.1 Å². The van der Waals surface area contributed by atoms with Gasteiger partial charge in [0.15, 0.2) is 6.61 Å². The predicted molar refractivity (Wildman–Crippen MR) is 107 cm³/mol. The summed E-state index contributed by atoms with van der Waals surface area (Å²) < 4.78 is 44.1. The quantitative estimate of drug-likeness (QED) is 0.692. The highest BCUT2D eigenvalue weighted by Crippen LogP contribution is 2.23. The molecule has 1 amide bonds. The Balaban J connectivity index is 2.07. The second kappa shape index (κ2) is 9.54. The van der Waals surface area contributed by atoms with Gasteiger partial charge in [-0.25, -0.2) is 12.8 Å². The number of rotatable bonds is 9. The van der Waals surface area contributed by atoms with Crippen LogP contribution in [0.15, 0.2) is 48.5 Å². The highest BCUT2D eigenvalue weighted by atomic mass is 32.2. The van der Waals surface area contributed by atoms with Crippen LogP contribution in [-0.2, 0) is 21.4 Å². The molecule has 0 saturated heterocycles. The van der Waals surface area contributed by atoms with Crippen LogP contribution >= 0.6 is 0 Å². The van der Waals surface area contributed by atoms with Crippen molar-refractivity contribution in [2.75, 3.05) is 17.2 Å². The van der Waals surface area contributed by atoms with E-state index in [1.165, 1.54) is 16.4 Å². The fraction of sp³-hybridized carbons (Fsp3) is 0.350. The number of carbonyl (C=O) groups is 1. The lowest BCUT2D eigenvalue weighted by Gasteiger charge is -2.23. The summed E-state index contributed by atoms with van der Waals surface area (Å²) in [6.45, 7) is 3.85. The number of nitrogens with zero attached hydrogens (tertiary/aromatic N) is 1. The Bertz CT molecular complexity index is 883. The second-order valence-electron chi connectivity index (χ2n) is 6.56. The van der Waals surface area contributed by atoms with Gasteiger partial charge in [0.05, 0.1) is 18.5 Å². The van der Waals surface area contributed by atoms with E-state index in [0.29, 0.717) is 17.0 Å². The fourth-order valence-corrected chi connectivity index (χ4v) is 3.32. The van der Waals surface area contributed by atoms with E-state index in [-0.39, 0.29) is 30.9 Å². The van der Waals surface area contributed by atoms with Crippen LogP contribution in [0, 0.1) is 5.82 Å². The van der Waals surface area contributed by atoms with Crippen molar-refractivity contribution in [1.82, 2.24) is 5.32 Å². The number of sulfonamides is 1. The molecule has 0 saturated carbocycles. The molecular formula is C20H25FN2O4S. The van der Waals surface area contributed by atoms with E-state index in [0.717, 1.165) is 12.7 Å². The van der Waals surface area contributed by atoms with E-state index in [2.05, 4.69) is 5.32 Å². The van der Waals surface area contributed by atoms with Crippen molar-refractivity contribution in [3.8, 4) is 5.75 Å². The number of benzene rings is 2. The van der Waals surface area contributed by atoms with Crippen molar-refractivity contribution in [3.63, 3.8) is 0 Å². The molecule has 0 aliphatic rings. The lowest BCUT2D eigenvalue weighted by Crippen LogP contribution is -2.35. The zero-order chi connectivity index (χ0) is 20.7. The molecule has 1 atom stereocenters. The molecular weight excluding hydrogens is 383 g/mol. The van der Waals surface area contributed by atoms with Crippen molar-refractivity contribution in [2.24, 2.45) is 0 Å². The number of halogens is 1. The van der Waals surface area contributed by atoms with Crippen LogP contribution in [0.5, 0.6) is 5.75 Å². The first-order chi connectivity index (χ1) is 13.2. The third-order valence-electron chi connectivity index (χ3n) is 4.15. The largest absolute Gasteiger partial charge is 0.484 e. The molecule has 0 bridgehead atoms. The number of carbonyl (C=O) groups excluding carboxylic acids is 1. The van der Waals surface area contributed by atoms with Crippen molar-refractivity contribution >= 4 is 21.6 Å². The summed E-state index contributed by atoms with van der Waals surface area (Å²) in [5.74, 6) is -0.140. The first kappa shape index (κ1) is 21.7. The minimum Gasteiger partial charge on any atom is -0.484 e. The summed E-state index contributed by atoms with van der Waals surface area (Å²) in [7, 11) is -3.55. The van der Waals surface area contributed by atoms with E-state index >= 15 is 0 Å². The minimum absolute atomic E-state index is 0.0771. The highest BCUT2D eigenvalue weighted by Gasteiger charge is 2.18. The molecule has 0 aliphatic heterocycles. The molecule has 0 radical (unpaired) electrons. The third-order valence-corrected chi connectivity index (χ3v) is 5.29. The number of nitrogens with one attached hydrogen (secondary N) is 1. The van der Waals surface area contributed by atoms with E-state index in [9.17, 15) is 17.6 Å². The Morgan fingerprint density at radius 2 is 1.75 bits per heavy atom. The summed E-state index contributed by atoms with van der Waals surface area (Å²) in [6, 6.07) is 12.2. The number of hydrogen-bond acceptors (Lipinski definition) is 4. The standard InChI is InChI=1S/C20H25FN2O4S/c1-4-15(2)22-20(24)14-27-19-11-9-18(10-12-19)23(28(3,25)26)13-16-5-7-17(21)8-6-16/h5-12,15H,4,13-14H2,1-3H3,(H,22,24). The van der Waals surface area contributed by atoms with Gasteiger partial charge in [-0.05, 0) is 55.3 Å². The molecule has 0 fully saturated rings. The minimum atomic E-state index is -3.55. The van der Waals surface area contributed by atoms with Gasteiger partial charge in [0.2, 0.25) is 10.0 Å². The molecule has 2 aromatic carbocycles.